The molecule has 6 nitrogen and oxygen atoms in total. The number of nitrogens with zero attached hydrogens (tertiary/aromatic N) is 3. The molecular formula is C13H17N3O3S. The van der Waals surface area contributed by atoms with Gasteiger partial charge in [-0.3, -0.25) is 4.18 Å². The topological polar surface area (TPSA) is 92.1 Å². The highest BCUT2D eigenvalue weighted by molar-refractivity contribution is 7.86. The Morgan fingerprint density at radius 3 is 2.60 bits per heavy atom. The fraction of sp³-hybridized carbons (Fsp3) is 0.385. The molecule has 0 aromatic heterocycles. The maximum absolute atomic E-state index is 11.9. The summed E-state index contributed by atoms with van der Waals surface area (Å²) >= 11 is 0. The Bertz CT molecular complexity index is 615. The van der Waals surface area contributed by atoms with Crippen molar-refractivity contribution in [1.82, 2.24) is 0 Å². The van der Waals surface area contributed by atoms with Crippen LogP contribution >= 0.6 is 0 Å². The van der Waals surface area contributed by atoms with E-state index >= 15 is 0 Å². The standard InChI is InChI=1S/C13H17N3O3S/c1-3-12(15-16-14)5-4-10-19-20(17,18)13-8-6-11(2)7-9-13/h5-9H,3-4,10H2,1-2H3/b12-5-. The highest BCUT2D eigenvalue weighted by atomic mass is 32.2. The molecule has 0 unspecified atom stereocenters. The van der Waals surface area contributed by atoms with Crippen LogP contribution in [0.15, 0.2) is 46.0 Å². The quantitative estimate of drug-likeness (QED) is 0.252. The van der Waals surface area contributed by atoms with E-state index in [2.05, 4.69) is 10.0 Å². The molecule has 0 aliphatic carbocycles. The molecule has 1 aromatic rings. The van der Waals surface area contributed by atoms with E-state index < -0.39 is 10.1 Å². The van der Waals surface area contributed by atoms with Crippen LogP contribution in [0.4, 0.5) is 0 Å². The molecule has 0 aliphatic rings. The van der Waals surface area contributed by atoms with E-state index in [1.54, 1.807) is 18.2 Å². The Balaban J connectivity index is 2.60. The third kappa shape index (κ3) is 5.05. The Morgan fingerprint density at radius 2 is 2.05 bits per heavy atom. The van der Waals surface area contributed by atoms with Gasteiger partial charge in [0, 0.05) is 10.6 Å². The lowest BCUT2D eigenvalue weighted by atomic mass is 10.2. The molecule has 0 saturated carbocycles. The number of allylic oxidation sites excluding steroid dienone is 1. The Kier molecular flexibility index (Phi) is 6.24. The Hall–Kier alpha value is -1.82. The molecule has 0 amide bonds. The highest BCUT2D eigenvalue weighted by Gasteiger charge is 2.13. The van der Waals surface area contributed by atoms with Crippen LogP contribution in [0.5, 0.6) is 0 Å². The summed E-state index contributed by atoms with van der Waals surface area (Å²) in [7, 11) is -3.73. The van der Waals surface area contributed by atoms with Crippen LogP contribution in [0.2, 0.25) is 0 Å². The average Bonchev–Trinajstić information content (AvgIpc) is 2.42. The van der Waals surface area contributed by atoms with Gasteiger partial charge in [-0.05, 0) is 37.4 Å². The average molecular weight is 295 g/mol. The van der Waals surface area contributed by atoms with Gasteiger partial charge in [0.1, 0.15) is 0 Å². The number of hydrogen-bond donors (Lipinski definition) is 0. The Morgan fingerprint density at radius 1 is 1.40 bits per heavy atom. The van der Waals surface area contributed by atoms with Crippen molar-refractivity contribution in [1.29, 1.82) is 0 Å². The van der Waals surface area contributed by atoms with Gasteiger partial charge in [0.05, 0.1) is 11.5 Å². The minimum atomic E-state index is -3.73. The largest absolute Gasteiger partial charge is 0.296 e. The lowest BCUT2D eigenvalue weighted by Crippen LogP contribution is -2.07. The van der Waals surface area contributed by atoms with Gasteiger partial charge in [0.25, 0.3) is 10.1 Å². The van der Waals surface area contributed by atoms with Gasteiger partial charge >= 0.3 is 0 Å². The highest BCUT2D eigenvalue weighted by Crippen LogP contribution is 2.14. The van der Waals surface area contributed by atoms with E-state index in [0.29, 0.717) is 18.5 Å². The first-order valence-corrected chi connectivity index (χ1v) is 7.60. The summed E-state index contributed by atoms with van der Waals surface area (Å²) in [6.45, 7) is 3.75. The summed E-state index contributed by atoms with van der Waals surface area (Å²) in [6, 6.07) is 6.45. The molecular weight excluding hydrogens is 278 g/mol. The second-order valence-electron chi connectivity index (χ2n) is 4.12. The molecule has 0 N–H and O–H groups in total. The van der Waals surface area contributed by atoms with Crippen molar-refractivity contribution in [3.05, 3.63) is 52.0 Å². The van der Waals surface area contributed by atoms with Crippen LogP contribution in [-0.2, 0) is 14.3 Å². The van der Waals surface area contributed by atoms with Crippen molar-refractivity contribution in [3.8, 4) is 0 Å². The van der Waals surface area contributed by atoms with Crippen molar-refractivity contribution in [2.75, 3.05) is 6.61 Å². The maximum atomic E-state index is 11.9. The normalized spacial score (nSPS) is 12.0. The SMILES string of the molecule is CC/C(=C/CCOS(=O)(=O)c1ccc(C)cc1)N=[N+]=[N-]. The lowest BCUT2D eigenvalue weighted by molar-refractivity contribution is 0.324. The molecule has 0 atom stereocenters. The van der Waals surface area contributed by atoms with E-state index in [4.69, 9.17) is 9.71 Å². The zero-order valence-corrected chi connectivity index (χ0v) is 12.3. The van der Waals surface area contributed by atoms with Gasteiger partial charge in [-0.2, -0.15) is 8.42 Å². The van der Waals surface area contributed by atoms with Crippen LogP contribution in [0, 0.1) is 6.92 Å². The van der Waals surface area contributed by atoms with Gasteiger partial charge in [0.2, 0.25) is 0 Å². The van der Waals surface area contributed by atoms with Crippen molar-refractivity contribution < 1.29 is 12.6 Å². The second kappa shape index (κ2) is 7.69. The number of azide groups is 1. The second-order valence-corrected chi connectivity index (χ2v) is 5.73. The van der Waals surface area contributed by atoms with Crippen LogP contribution < -0.4 is 0 Å². The van der Waals surface area contributed by atoms with Gasteiger partial charge in [-0.15, -0.1) is 0 Å². The molecule has 0 heterocycles. The number of rotatable bonds is 7. The van der Waals surface area contributed by atoms with E-state index in [1.165, 1.54) is 12.1 Å². The van der Waals surface area contributed by atoms with Gasteiger partial charge in [-0.1, -0.05) is 35.8 Å². The van der Waals surface area contributed by atoms with Crippen LogP contribution in [0.25, 0.3) is 10.4 Å². The summed E-state index contributed by atoms with van der Waals surface area (Å²) in [5, 5.41) is 3.48. The minimum absolute atomic E-state index is 0.0145. The molecule has 108 valence electrons. The first-order chi connectivity index (χ1) is 9.49. The Labute approximate surface area is 118 Å². The van der Waals surface area contributed by atoms with Crippen molar-refractivity contribution in [2.24, 2.45) is 5.11 Å². The predicted octanol–water partition coefficient (Wildman–Crippen LogP) is 3.69. The van der Waals surface area contributed by atoms with E-state index in [1.807, 2.05) is 13.8 Å². The van der Waals surface area contributed by atoms with Crippen molar-refractivity contribution in [2.45, 2.75) is 31.6 Å². The van der Waals surface area contributed by atoms with Crippen molar-refractivity contribution in [3.63, 3.8) is 0 Å². The van der Waals surface area contributed by atoms with Crippen molar-refractivity contribution >= 4 is 10.1 Å². The number of benzene rings is 1. The van der Waals surface area contributed by atoms with E-state index in [-0.39, 0.29) is 11.5 Å². The summed E-state index contributed by atoms with van der Waals surface area (Å²) in [4.78, 5) is 2.82. The summed E-state index contributed by atoms with van der Waals surface area (Å²) < 4.78 is 28.6. The fourth-order valence-electron chi connectivity index (χ4n) is 1.47. The molecule has 7 heteroatoms. The summed E-state index contributed by atoms with van der Waals surface area (Å²) in [5.41, 5.74) is 9.87. The molecule has 0 radical (unpaired) electrons. The van der Waals surface area contributed by atoms with Gasteiger partial charge in [0.15, 0.2) is 0 Å². The van der Waals surface area contributed by atoms with E-state index in [9.17, 15) is 8.42 Å². The summed E-state index contributed by atoms with van der Waals surface area (Å²) in [6.07, 6.45) is 2.63. The van der Waals surface area contributed by atoms with Crippen LogP contribution in [-0.4, -0.2) is 15.0 Å². The number of aryl methyl sites for hydroxylation is 1. The third-order valence-corrected chi connectivity index (χ3v) is 3.91. The van der Waals surface area contributed by atoms with E-state index in [0.717, 1.165) is 5.56 Å². The molecule has 0 saturated heterocycles. The van der Waals surface area contributed by atoms with Crippen LogP contribution in [0.1, 0.15) is 25.3 Å². The zero-order valence-electron chi connectivity index (χ0n) is 11.5. The molecule has 0 bridgehead atoms. The van der Waals surface area contributed by atoms with Gasteiger partial charge < -0.3 is 0 Å². The molecule has 0 fully saturated rings. The monoisotopic (exact) mass is 295 g/mol. The molecule has 20 heavy (non-hydrogen) atoms. The lowest BCUT2D eigenvalue weighted by Gasteiger charge is -2.05. The number of hydrogen-bond acceptors (Lipinski definition) is 4. The predicted molar refractivity (Wildman–Crippen MR) is 76.5 cm³/mol. The minimum Gasteiger partial charge on any atom is -0.266 e. The van der Waals surface area contributed by atoms with Crippen LogP contribution in [0.3, 0.4) is 0 Å². The first kappa shape index (κ1) is 16.2. The fourth-order valence-corrected chi connectivity index (χ4v) is 2.39. The molecule has 0 aliphatic heterocycles. The van der Waals surface area contributed by atoms with Gasteiger partial charge in [-0.25, -0.2) is 0 Å². The first-order valence-electron chi connectivity index (χ1n) is 6.20. The maximum Gasteiger partial charge on any atom is 0.296 e. The third-order valence-electron chi connectivity index (χ3n) is 2.58. The smallest absolute Gasteiger partial charge is 0.266 e. The molecule has 0 spiro atoms. The summed E-state index contributed by atoms with van der Waals surface area (Å²) in [5.74, 6) is 0. The molecule has 1 rings (SSSR count). The molecule has 1 aromatic carbocycles. The zero-order chi connectivity index (χ0) is 15.0.